The van der Waals surface area contributed by atoms with Crippen molar-refractivity contribution in [2.24, 2.45) is 0 Å². The van der Waals surface area contributed by atoms with Crippen LogP contribution in [-0.2, 0) is 24.1 Å². The third-order valence-corrected chi connectivity index (χ3v) is 4.10. The summed E-state index contributed by atoms with van der Waals surface area (Å²) in [7, 11) is 5.45. The summed E-state index contributed by atoms with van der Waals surface area (Å²) >= 11 is 0. The number of aromatic nitrogens is 3. The first-order valence-electron chi connectivity index (χ1n) is 8.42. The van der Waals surface area contributed by atoms with Gasteiger partial charge >= 0.3 is 6.09 Å². The van der Waals surface area contributed by atoms with Crippen LogP contribution in [0.15, 0.2) is 28.9 Å². The number of rotatable bonds is 7. The maximum absolute atomic E-state index is 11.1. The van der Waals surface area contributed by atoms with E-state index in [4.69, 9.17) is 4.52 Å². The number of carbonyl (C=O) groups is 1. The second kappa shape index (κ2) is 8.01. The van der Waals surface area contributed by atoms with Crippen LogP contribution < -0.4 is 5.32 Å². The lowest BCUT2D eigenvalue weighted by atomic mass is 10.1. The number of nitrogens with zero attached hydrogens (tertiary/aromatic N) is 3. The molecule has 2 N–H and O–H groups in total. The molecule has 138 valence electrons. The summed E-state index contributed by atoms with van der Waals surface area (Å²) < 4.78 is 9.78. The number of fused-ring (bicyclic) bond motifs is 1. The summed E-state index contributed by atoms with van der Waals surface area (Å²) in [6.07, 6.45) is 3.07. The SMILES string of the molecule is COC(=O)NCc1noc(Cc2ccc3[nH]cc(CCN(C)C)c3c2)n1. The minimum Gasteiger partial charge on any atom is -0.453 e. The summed E-state index contributed by atoms with van der Waals surface area (Å²) in [5.41, 5.74) is 3.51. The van der Waals surface area contributed by atoms with Gasteiger partial charge in [0.05, 0.1) is 20.1 Å². The van der Waals surface area contributed by atoms with E-state index < -0.39 is 6.09 Å². The van der Waals surface area contributed by atoms with Gasteiger partial charge in [-0.3, -0.25) is 0 Å². The zero-order valence-electron chi connectivity index (χ0n) is 15.2. The minimum atomic E-state index is -0.528. The van der Waals surface area contributed by atoms with Crippen LogP contribution in [0.2, 0.25) is 0 Å². The predicted molar refractivity (Wildman–Crippen MR) is 96.9 cm³/mol. The van der Waals surface area contributed by atoms with Gasteiger partial charge in [-0.1, -0.05) is 11.2 Å². The monoisotopic (exact) mass is 357 g/mol. The predicted octanol–water partition coefficient (Wildman–Crippen LogP) is 2.10. The van der Waals surface area contributed by atoms with Crippen molar-refractivity contribution in [2.45, 2.75) is 19.4 Å². The number of hydrogen-bond acceptors (Lipinski definition) is 6. The van der Waals surface area contributed by atoms with E-state index in [1.807, 2.05) is 6.07 Å². The van der Waals surface area contributed by atoms with Crippen LogP contribution in [-0.4, -0.2) is 53.9 Å². The van der Waals surface area contributed by atoms with Crippen molar-refractivity contribution >= 4 is 17.0 Å². The number of nitrogens with one attached hydrogen (secondary N) is 2. The normalized spacial score (nSPS) is 11.2. The molecule has 8 nitrogen and oxygen atoms in total. The van der Waals surface area contributed by atoms with Gasteiger partial charge < -0.3 is 24.5 Å². The summed E-state index contributed by atoms with van der Waals surface area (Å²) in [5.74, 6) is 0.927. The molecule has 0 aliphatic heterocycles. The number of alkyl carbamates (subject to hydrolysis) is 1. The van der Waals surface area contributed by atoms with Gasteiger partial charge in [-0.25, -0.2) is 4.79 Å². The van der Waals surface area contributed by atoms with Gasteiger partial charge in [0.25, 0.3) is 0 Å². The van der Waals surface area contributed by atoms with Crippen LogP contribution in [0.4, 0.5) is 4.79 Å². The van der Waals surface area contributed by atoms with Gasteiger partial charge in [-0.15, -0.1) is 0 Å². The van der Waals surface area contributed by atoms with Crippen LogP contribution in [0, 0.1) is 0 Å². The number of likely N-dealkylation sites (N-methyl/N-ethyl adjacent to an activating group) is 1. The van der Waals surface area contributed by atoms with Crippen molar-refractivity contribution in [1.82, 2.24) is 25.3 Å². The van der Waals surface area contributed by atoms with Gasteiger partial charge in [-0.05, 0) is 43.8 Å². The minimum absolute atomic E-state index is 0.168. The van der Waals surface area contributed by atoms with E-state index in [0.717, 1.165) is 24.0 Å². The van der Waals surface area contributed by atoms with E-state index in [9.17, 15) is 4.79 Å². The third kappa shape index (κ3) is 4.40. The lowest BCUT2D eigenvalue weighted by Crippen LogP contribution is -2.22. The third-order valence-electron chi connectivity index (χ3n) is 4.10. The number of amides is 1. The average molecular weight is 357 g/mol. The molecular formula is C18H23N5O3. The molecule has 0 saturated carbocycles. The fraction of sp³-hybridized carbons (Fsp3) is 0.389. The van der Waals surface area contributed by atoms with Gasteiger partial charge in [0.1, 0.15) is 0 Å². The molecule has 1 aromatic carbocycles. The van der Waals surface area contributed by atoms with Crippen molar-refractivity contribution in [1.29, 1.82) is 0 Å². The second-order valence-electron chi connectivity index (χ2n) is 6.37. The lowest BCUT2D eigenvalue weighted by molar-refractivity contribution is 0.170. The first kappa shape index (κ1) is 17.9. The smallest absolute Gasteiger partial charge is 0.407 e. The van der Waals surface area contributed by atoms with Crippen molar-refractivity contribution < 1.29 is 14.1 Å². The van der Waals surface area contributed by atoms with Crippen LogP contribution in [0.5, 0.6) is 0 Å². The van der Waals surface area contributed by atoms with E-state index in [-0.39, 0.29) is 6.54 Å². The van der Waals surface area contributed by atoms with Crippen LogP contribution in [0.1, 0.15) is 22.8 Å². The number of aromatic amines is 1. The quantitative estimate of drug-likeness (QED) is 0.672. The van der Waals surface area contributed by atoms with Crippen molar-refractivity contribution in [3.63, 3.8) is 0 Å². The van der Waals surface area contributed by atoms with E-state index in [2.05, 4.69) is 62.5 Å². The lowest BCUT2D eigenvalue weighted by Gasteiger charge is -2.08. The zero-order chi connectivity index (χ0) is 18.5. The standard InChI is InChI=1S/C18H23N5O3/c1-23(2)7-6-13-10-19-15-5-4-12(8-14(13)15)9-17-21-16(22-26-17)11-20-18(24)25-3/h4-5,8,10,19H,6-7,9,11H2,1-3H3,(H,20,24). The summed E-state index contributed by atoms with van der Waals surface area (Å²) in [6, 6.07) is 6.28. The summed E-state index contributed by atoms with van der Waals surface area (Å²) in [4.78, 5) is 20.9. The maximum Gasteiger partial charge on any atom is 0.407 e. The van der Waals surface area contributed by atoms with Gasteiger partial charge in [0.2, 0.25) is 5.89 Å². The molecule has 0 radical (unpaired) electrons. The number of H-pyrrole nitrogens is 1. The van der Waals surface area contributed by atoms with E-state index >= 15 is 0 Å². The molecule has 3 rings (SSSR count). The highest BCUT2D eigenvalue weighted by molar-refractivity contribution is 5.84. The molecule has 1 amide bonds. The molecule has 3 aromatic rings. The molecule has 8 heteroatoms. The largest absolute Gasteiger partial charge is 0.453 e. The summed E-state index contributed by atoms with van der Waals surface area (Å²) in [6.45, 7) is 1.17. The first-order valence-corrected chi connectivity index (χ1v) is 8.42. The Morgan fingerprint density at radius 1 is 1.38 bits per heavy atom. The van der Waals surface area contributed by atoms with E-state index in [1.165, 1.54) is 18.1 Å². The molecule has 0 unspecified atom stereocenters. The molecule has 26 heavy (non-hydrogen) atoms. The molecule has 0 bridgehead atoms. The molecule has 0 aliphatic carbocycles. The highest BCUT2D eigenvalue weighted by atomic mass is 16.5. The maximum atomic E-state index is 11.1. The molecule has 0 saturated heterocycles. The fourth-order valence-electron chi connectivity index (χ4n) is 2.72. The van der Waals surface area contributed by atoms with Crippen molar-refractivity contribution in [3.8, 4) is 0 Å². The molecule has 0 atom stereocenters. The van der Waals surface area contributed by atoms with Crippen LogP contribution >= 0.6 is 0 Å². The van der Waals surface area contributed by atoms with E-state index in [0.29, 0.717) is 18.1 Å². The van der Waals surface area contributed by atoms with E-state index in [1.54, 1.807) is 0 Å². The number of carbonyl (C=O) groups excluding carboxylic acids is 1. The van der Waals surface area contributed by atoms with Crippen LogP contribution in [0.25, 0.3) is 10.9 Å². The Balaban J connectivity index is 1.69. The zero-order valence-corrected chi connectivity index (χ0v) is 15.2. The van der Waals surface area contributed by atoms with Crippen LogP contribution in [0.3, 0.4) is 0 Å². The number of hydrogen-bond donors (Lipinski definition) is 2. The molecule has 0 aliphatic rings. The number of ether oxygens (including phenoxy) is 1. The Kier molecular flexibility index (Phi) is 5.52. The Hall–Kier alpha value is -2.87. The van der Waals surface area contributed by atoms with Crippen molar-refractivity contribution in [3.05, 3.63) is 47.2 Å². The molecular weight excluding hydrogens is 334 g/mol. The Bertz CT molecular complexity index is 884. The number of benzene rings is 1. The van der Waals surface area contributed by atoms with Crippen molar-refractivity contribution in [2.75, 3.05) is 27.7 Å². The highest BCUT2D eigenvalue weighted by Crippen LogP contribution is 2.22. The average Bonchev–Trinajstić information content (AvgIpc) is 3.24. The topological polar surface area (TPSA) is 96.3 Å². The number of methoxy groups -OCH3 is 1. The van der Waals surface area contributed by atoms with Gasteiger partial charge in [0, 0.05) is 23.6 Å². The summed E-state index contributed by atoms with van der Waals surface area (Å²) in [5, 5.41) is 7.61. The van der Waals surface area contributed by atoms with Gasteiger partial charge in [0.15, 0.2) is 5.82 Å². The molecule has 2 heterocycles. The Morgan fingerprint density at radius 3 is 3.00 bits per heavy atom. The first-order chi connectivity index (χ1) is 12.5. The Morgan fingerprint density at radius 2 is 2.23 bits per heavy atom. The molecule has 0 spiro atoms. The van der Waals surface area contributed by atoms with Gasteiger partial charge in [-0.2, -0.15) is 4.98 Å². The second-order valence-corrected chi connectivity index (χ2v) is 6.37. The Labute approximate surface area is 151 Å². The highest BCUT2D eigenvalue weighted by Gasteiger charge is 2.11. The molecule has 2 aromatic heterocycles. The molecule has 0 fully saturated rings. The fourth-order valence-corrected chi connectivity index (χ4v) is 2.72.